The summed E-state index contributed by atoms with van der Waals surface area (Å²) < 4.78 is 6.71. The van der Waals surface area contributed by atoms with Crippen LogP contribution in [-0.4, -0.2) is 201 Å². The molecule has 4 fully saturated rings. The molecule has 20 rings (SSSR count). The largest absolute Gasteiger partial charge is 0.390 e. The molecule has 2 saturated carbocycles. The van der Waals surface area contributed by atoms with Crippen molar-refractivity contribution >= 4 is 160 Å². The second-order valence-electron chi connectivity index (χ2n) is 33.6. The number of likely N-dealkylation sites (tertiary alicyclic amines) is 1. The molecule has 2 aliphatic heterocycles. The first kappa shape index (κ1) is 91.6. The number of aliphatic hydroxyl groups is 1. The lowest BCUT2D eigenvalue weighted by atomic mass is 9.87. The zero-order valence-electron chi connectivity index (χ0n) is 73.8. The maximum atomic E-state index is 12.8. The molecule has 2 aliphatic carbocycles. The van der Waals surface area contributed by atoms with Crippen molar-refractivity contribution in [2.45, 2.75) is 76.7 Å². The highest BCUT2D eigenvalue weighted by molar-refractivity contribution is 6.37. The summed E-state index contributed by atoms with van der Waals surface area (Å²) in [6.45, 7) is 3.79. The molecule has 0 atom stereocenters. The Morgan fingerprint density at radius 2 is 0.649 bits per heavy atom. The lowest BCUT2D eigenvalue weighted by Gasteiger charge is -2.34. The minimum absolute atomic E-state index is 0.0740. The molecule has 14 heterocycles. The van der Waals surface area contributed by atoms with Gasteiger partial charge in [-0.3, -0.25) is 72.5 Å². The predicted octanol–water partition coefficient (Wildman–Crippen LogP) is 14.5. The molecular weight excluding hydrogens is 1790 g/mol. The van der Waals surface area contributed by atoms with Crippen molar-refractivity contribution in [2.75, 3.05) is 97.2 Å². The summed E-state index contributed by atoms with van der Waals surface area (Å²) in [4.78, 5) is 111. The highest BCUT2D eigenvalue weighted by Gasteiger charge is 2.31. The van der Waals surface area contributed by atoms with Crippen LogP contribution >= 0.6 is 46.4 Å². The van der Waals surface area contributed by atoms with Crippen LogP contribution in [0, 0.1) is 11.8 Å². The molecule has 12 aromatic heterocycles. The van der Waals surface area contributed by atoms with Crippen LogP contribution in [0.1, 0.15) is 70.6 Å². The van der Waals surface area contributed by atoms with E-state index in [1.807, 2.05) is 149 Å². The normalized spacial score (nSPS) is 14.4. The van der Waals surface area contributed by atoms with Crippen LogP contribution < -0.4 is 44.2 Å². The topological polar surface area (TPSA) is 476 Å². The number of rotatable bonds is 20. The minimum atomic E-state index is -0.390. The van der Waals surface area contributed by atoms with E-state index < -0.39 is 0 Å². The molecule has 36 nitrogen and oxygen atoms in total. The number of carbonyl (C=O) groups is 4. The van der Waals surface area contributed by atoms with Gasteiger partial charge >= 0.3 is 0 Å². The van der Waals surface area contributed by atoms with Crippen molar-refractivity contribution in [2.24, 2.45) is 40.0 Å². The van der Waals surface area contributed by atoms with Crippen LogP contribution in [0.15, 0.2) is 171 Å². The number of pyridine rings is 4. The molecule has 134 heavy (non-hydrogen) atoms. The Kier molecular flexibility index (Phi) is 27.7. The highest BCUT2D eigenvalue weighted by Crippen LogP contribution is 2.42. The van der Waals surface area contributed by atoms with Gasteiger partial charge in [0.1, 0.15) is 68.3 Å². The fourth-order valence-electron chi connectivity index (χ4n) is 16.8. The number of hydrogen-bond donors (Lipinski definition) is 9. The molecule has 0 spiro atoms. The average molecular weight is 1880 g/mol. The molecule has 684 valence electrons. The maximum absolute atomic E-state index is 12.8. The monoisotopic (exact) mass is 1880 g/mol. The van der Waals surface area contributed by atoms with Gasteiger partial charge in [0, 0.05) is 161 Å². The molecular formula is C94H95Cl4N31O5. The zero-order valence-corrected chi connectivity index (χ0v) is 76.8. The third-order valence-electron chi connectivity index (χ3n) is 23.3. The summed E-state index contributed by atoms with van der Waals surface area (Å²) in [6.07, 6.45) is 24.9. The average Bonchev–Trinajstić information content (AvgIpc) is 1.25. The number of benzene rings is 4. The zero-order chi connectivity index (χ0) is 93.5. The SMILES string of the molecule is CN1CCN(CC(=O)Nc2nc(-c3cc(Cl)c4ncccc4c3)c(-c3ccn(C)n3)nc2N)C1.Cn1ccc(-c2nc(N)c(NC(=O)CC3CCCC3)nc2-c2cc(Cl)c3ncccc3c2)n1.Cn1ccc(-c2nc(N)c(NC(=O)CC3CCCCC3)nc2-c2cc(Cl)c3ncccc3c2)n1.Cn1ccc(-c2nc(N)c(NC(=O)CN3CC(O)C3)nc2-c2cc(Cl)c3ncccc3c2)n1. The van der Waals surface area contributed by atoms with E-state index >= 15 is 0 Å². The van der Waals surface area contributed by atoms with Crippen molar-refractivity contribution in [1.82, 2.24) is 114 Å². The number of aliphatic hydroxyl groups excluding tert-OH is 1. The number of aryl methyl sites for hydroxylation is 4. The van der Waals surface area contributed by atoms with Crippen LogP contribution in [0.3, 0.4) is 0 Å². The van der Waals surface area contributed by atoms with Crippen molar-refractivity contribution in [3.63, 3.8) is 0 Å². The standard InChI is InChI=1S/C25H26ClN7O.C24H24ClN7O.C23H24ClN9O.C22H21ClN8O2/c1-33-11-9-19(32-33)23-22(17-13-16-8-5-10-28-21(16)18(26)14-17)31-25(24(27)30-23)29-20(34)12-15-6-3-2-4-7-15;1-32-10-8-18(31-32)22-21(16-12-15-7-4-9-27-20(15)17(25)13-16)30-24(23(26)29-22)28-19(33)11-14-5-2-3-6-14;1-31-8-9-33(13-31)12-18(34)27-23-22(25)28-21(17-5-7-32(2)30-17)20(29-23)15-10-14-4-3-6-26-19(14)16(24)11-15;1-30-6-4-16(29-30)20-19(13-7-12-3-2-5-25-18(12)15(23)8-13)28-22(21(24)27-20)26-17(33)11-31-9-14(32)10-31/h5,8-11,13-15H,2-4,6-7,12H2,1H3,(H2,27,30)(H,29,31,34);4,7-10,12-14H,2-3,5-6,11H2,1H3,(H2,26,29)(H,28,30,33);3-7,10-11H,8-9,12-13H2,1-2H3,(H2,25,28)(H,27,29,34);2-8,14,32H,9-11H2,1H3,(H2,24,27)(H,26,28,33). The Morgan fingerprint density at radius 3 is 0.918 bits per heavy atom. The lowest BCUT2D eigenvalue weighted by molar-refractivity contribution is -0.120. The Morgan fingerprint density at radius 1 is 0.366 bits per heavy atom. The number of nitrogen functional groups attached to an aromatic ring is 4. The number of amides is 4. The van der Waals surface area contributed by atoms with Gasteiger partial charge in [-0.2, -0.15) is 20.4 Å². The fourth-order valence-corrected chi connectivity index (χ4v) is 17.9. The van der Waals surface area contributed by atoms with Gasteiger partial charge in [-0.1, -0.05) is 103 Å². The Hall–Kier alpha value is -14.2. The van der Waals surface area contributed by atoms with Crippen molar-refractivity contribution in [3.05, 3.63) is 191 Å². The van der Waals surface area contributed by atoms with Crippen molar-refractivity contribution < 1.29 is 24.3 Å². The van der Waals surface area contributed by atoms with E-state index in [9.17, 15) is 24.3 Å². The number of anilines is 8. The summed E-state index contributed by atoms with van der Waals surface area (Å²) in [7, 11) is 9.31. The Balaban J connectivity index is 0.000000124. The molecule has 0 radical (unpaired) electrons. The Bertz CT molecular complexity index is 6930. The fraction of sp³-hybridized carbons (Fsp3) is 0.277. The summed E-state index contributed by atoms with van der Waals surface area (Å²) >= 11 is 26.1. The number of halogens is 4. The van der Waals surface area contributed by atoms with Gasteiger partial charge in [0.25, 0.3) is 0 Å². The van der Waals surface area contributed by atoms with Crippen LogP contribution in [0.25, 0.3) is 134 Å². The van der Waals surface area contributed by atoms with Gasteiger partial charge in [-0.15, -0.1) is 0 Å². The summed E-state index contributed by atoms with van der Waals surface area (Å²) in [5, 5.41) is 44.1. The van der Waals surface area contributed by atoms with E-state index in [2.05, 4.69) is 96.3 Å². The molecule has 0 bridgehead atoms. The highest BCUT2D eigenvalue weighted by atomic mass is 35.5. The number of aromatic nitrogens is 20. The second-order valence-corrected chi connectivity index (χ2v) is 35.3. The van der Waals surface area contributed by atoms with E-state index in [4.69, 9.17) is 84.3 Å². The molecule has 13 N–H and O–H groups in total. The van der Waals surface area contributed by atoms with Gasteiger partial charge in [0.15, 0.2) is 46.5 Å². The van der Waals surface area contributed by atoms with Crippen molar-refractivity contribution in [3.8, 4) is 90.6 Å². The number of nitrogens with two attached hydrogens (primary N) is 4. The molecule has 40 heteroatoms. The number of β-amino-alcohol motifs (C(OH)–C–C–N with tert-alkyl or cyclic N) is 1. The van der Waals surface area contributed by atoms with E-state index in [0.29, 0.717) is 154 Å². The first-order valence-corrected chi connectivity index (χ1v) is 45.1. The van der Waals surface area contributed by atoms with E-state index in [0.717, 1.165) is 83.7 Å². The van der Waals surface area contributed by atoms with E-state index in [1.54, 1.807) is 81.0 Å². The van der Waals surface area contributed by atoms with Gasteiger partial charge in [-0.25, -0.2) is 39.9 Å². The predicted molar refractivity (Wildman–Crippen MR) is 521 cm³/mol. The van der Waals surface area contributed by atoms with Crippen LogP contribution in [0.4, 0.5) is 46.5 Å². The number of likely N-dealkylation sites (N-methyl/N-ethyl adjacent to an activating group) is 1. The van der Waals surface area contributed by atoms with E-state index in [-0.39, 0.29) is 89.4 Å². The molecule has 4 aromatic carbocycles. The number of fused-ring (bicyclic) bond motifs is 4. The van der Waals surface area contributed by atoms with Crippen LogP contribution in [0.2, 0.25) is 20.1 Å². The second kappa shape index (κ2) is 40.5. The number of nitrogens with one attached hydrogen (secondary N) is 4. The first-order valence-electron chi connectivity index (χ1n) is 43.6. The van der Waals surface area contributed by atoms with Crippen LogP contribution in [0.5, 0.6) is 0 Å². The van der Waals surface area contributed by atoms with Crippen LogP contribution in [-0.2, 0) is 47.4 Å². The van der Waals surface area contributed by atoms with Gasteiger partial charge in [0.2, 0.25) is 23.6 Å². The summed E-state index contributed by atoms with van der Waals surface area (Å²) in [5.74, 6) is 1.47. The Labute approximate surface area is 788 Å². The molecule has 4 aliphatic rings. The first-order chi connectivity index (χ1) is 64.7. The summed E-state index contributed by atoms with van der Waals surface area (Å²) in [6, 6.07) is 37.3. The maximum Gasteiger partial charge on any atom is 0.239 e. The summed E-state index contributed by atoms with van der Waals surface area (Å²) in [5.41, 5.74) is 37.0. The van der Waals surface area contributed by atoms with Gasteiger partial charge < -0.3 is 49.3 Å². The lowest BCUT2D eigenvalue weighted by Crippen LogP contribution is -2.53. The third kappa shape index (κ3) is 21.4. The molecule has 4 amide bonds. The number of carbonyl (C=O) groups excluding carboxylic acids is 4. The van der Waals surface area contributed by atoms with E-state index in [1.165, 1.54) is 32.1 Å². The smallest absolute Gasteiger partial charge is 0.239 e. The quantitative estimate of drug-likeness (QED) is 0.0342. The number of nitrogens with zero attached hydrogens (tertiary/aromatic N) is 23. The number of hydrogen-bond acceptors (Lipinski definition) is 28. The molecule has 16 aromatic rings. The minimum Gasteiger partial charge on any atom is -0.390 e. The van der Waals surface area contributed by atoms with Crippen molar-refractivity contribution in [1.29, 1.82) is 0 Å². The molecule has 0 unspecified atom stereocenters. The molecule has 2 saturated heterocycles. The third-order valence-corrected chi connectivity index (χ3v) is 24.5. The van der Waals surface area contributed by atoms with Gasteiger partial charge in [0.05, 0.1) is 68.0 Å². The van der Waals surface area contributed by atoms with Gasteiger partial charge in [-0.05, 0) is 142 Å².